The quantitative estimate of drug-likeness (QED) is 0.664. The smallest absolute Gasteiger partial charge is 0.324 e. The number of nitrogens with one attached hydrogen (secondary N) is 1. The second-order valence-electron chi connectivity index (χ2n) is 3.72. The van der Waals surface area contributed by atoms with E-state index >= 15 is 0 Å². The minimum absolute atomic E-state index is 0.187. The van der Waals surface area contributed by atoms with Crippen LogP contribution in [0.1, 0.15) is 11.1 Å². The van der Waals surface area contributed by atoms with E-state index in [2.05, 4.69) is 5.32 Å². The first-order chi connectivity index (χ1) is 8.16. The molecule has 0 amide bonds. The Bertz CT molecular complexity index is 537. The molecule has 0 radical (unpaired) electrons. The second kappa shape index (κ2) is 4.97. The number of benzene rings is 1. The van der Waals surface area contributed by atoms with Crippen molar-refractivity contribution < 1.29 is 4.92 Å². The van der Waals surface area contributed by atoms with Gasteiger partial charge in [-0.15, -0.1) is 0 Å². The molecule has 0 aliphatic carbocycles. The molecule has 0 aliphatic rings. The number of thiophene rings is 1. The first-order valence-corrected chi connectivity index (χ1v) is 6.06. The third-order valence-electron chi connectivity index (χ3n) is 2.45. The molecular weight excluding hydrogens is 236 g/mol. The minimum Gasteiger partial charge on any atom is -0.381 e. The predicted molar refractivity (Wildman–Crippen MR) is 69.5 cm³/mol. The van der Waals surface area contributed by atoms with Gasteiger partial charge < -0.3 is 5.32 Å². The number of nitrogens with zero attached hydrogens (tertiary/aromatic N) is 1. The minimum atomic E-state index is -0.359. The zero-order valence-electron chi connectivity index (χ0n) is 9.34. The monoisotopic (exact) mass is 248 g/mol. The Morgan fingerprint density at radius 3 is 2.82 bits per heavy atom. The van der Waals surface area contributed by atoms with Crippen molar-refractivity contribution in [2.75, 3.05) is 5.32 Å². The summed E-state index contributed by atoms with van der Waals surface area (Å²) in [6.45, 7) is 2.63. The van der Waals surface area contributed by atoms with E-state index in [0.717, 1.165) is 28.2 Å². The summed E-state index contributed by atoms with van der Waals surface area (Å²) >= 11 is 1.16. The molecule has 2 aromatic rings. The highest BCUT2D eigenvalue weighted by Gasteiger charge is 2.09. The van der Waals surface area contributed by atoms with Crippen molar-refractivity contribution in [3.63, 3.8) is 0 Å². The van der Waals surface area contributed by atoms with Crippen LogP contribution in [-0.2, 0) is 6.54 Å². The van der Waals surface area contributed by atoms with Crippen molar-refractivity contribution in [3.8, 4) is 0 Å². The molecule has 0 saturated heterocycles. The molecule has 4 nitrogen and oxygen atoms in total. The van der Waals surface area contributed by atoms with Gasteiger partial charge in [-0.3, -0.25) is 10.1 Å². The highest BCUT2D eigenvalue weighted by molar-refractivity contribution is 7.13. The maximum atomic E-state index is 10.5. The van der Waals surface area contributed by atoms with Gasteiger partial charge in [0.15, 0.2) is 0 Å². The number of hydrogen-bond donors (Lipinski definition) is 1. The number of hydrogen-bond acceptors (Lipinski definition) is 4. The lowest BCUT2D eigenvalue weighted by atomic mass is 10.2. The SMILES string of the molecule is Cc1ccccc1NCc1csc([N+](=O)[O-])c1. The van der Waals surface area contributed by atoms with Crippen LogP contribution in [0.25, 0.3) is 0 Å². The average Bonchev–Trinajstić information content (AvgIpc) is 2.77. The number of aryl methyl sites for hydroxylation is 1. The summed E-state index contributed by atoms with van der Waals surface area (Å²) < 4.78 is 0. The molecule has 1 heterocycles. The van der Waals surface area contributed by atoms with Crippen molar-refractivity contribution in [3.05, 3.63) is 57.0 Å². The Hall–Kier alpha value is -1.88. The predicted octanol–water partition coefficient (Wildman–Crippen LogP) is 3.58. The van der Waals surface area contributed by atoms with E-state index in [1.807, 2.05) is 36.6 Å². The van der Waals surface area contributed by atoms with E-state index in [1.54, 1.807) is 6.07 Å². The molecule has 5 heteroatoms. The van der Waals surface area contributed by atoms with Gasteiger partial charge in [-0.1, -0.05) is 29.5 Å². The fourth-order valence-corrected chi connectivity index (χ4v) is 2.25. The van der Waals surface area contributed by atoms with E-state index < -0.39 is 0 Å². The van der Waals surface area contributed by atoms with Crippen LogP contribution in [0.5, 0.6) is 0 Å². The molecule has 17 heavy (non-hydrogen) atoms. The number of anilines is 1. The zero-order valence-corrected chi connectivity index (χ0v) is 10.2. The Kier molecular flexibility index (Phi) is 3.39. The van der Waals surface area contributed by atoms with Gasteiger partial charge >= 0.3 is 5.00 Å². The van der Waals surface area contributed by atoms with Gasteiger partial charge in [-0.25, -0.2) is 0 Å². The number of rotatable bonds is 4. The lowest BCUT2D eigenvalue weighted by Gasteiger charge is -2.07. The summed E-state index contributed by atoms with van der Waals surface area (Å²) in [7, 11) is 0. The third kappa shape index (κ3) is 2.82. The topological polar surface area (TPSA) is 55.2 Å². The van der Waals surface area contributed by atoms with Crippen LogP contribution in [-0.4, -0.2) is 4.92 Å². The second-order valence-corrected chi connectivity index (χ2v) is 4.61. The van der Waals surface area contributed by atoms with Gasteiger partial charge in [0.2, 0.25) is 0 Å². The van der Waals surface area contributed by atoms with Crippen LogP contribution in [0, 0.1) is 17.0 Å². The van der Waals surface area contributed by atoms with Crippen LogP contribution >= 0.6 is 11.3 Å². The lowest BCUT2D eigenvalue weighted by molar-refractivity contribution is -0.380. The molecule has 0 fully saturated rings. The van der Waals surface area contributed by atoms with Gasteiger partial charge in [0.1, 0.15) is 0 Å². The molecular formula is C12H12N2O2S. The zero-order chi connectivity index (χ0) is 12.3. The van der Waals surface area contributed by atoms with E-state index in [9.17, 15) is 10.1 Å². The van der Waals surface area contributed by atoms with E-state index in [-0.39, 0.29) is 9.92 Å². The highest BCUT2D eigenvalue weighted by atomic mass is 32.1. The fraction of sp³-hybridized carbons (Fsp3) is 0.167. The molecule has 0 atom stereocenters. The van der Waals surface area contributed by atoms with Gasteiger partial charge in [-0.05, 0) is 24.1 Å². The first kappa shape index (κ1) is 11.6. The van der Waals surface area contributed by atoms with Crippen molar-refractivity contribution in [2.24, 2.45) is 0 Å². The summed E-state index contributed by atoms with van der Waals surface area (Å²) in [5.74, 6) is 0. The number of para-hydroxylation sites is 1. The van der Waals surface area contributed by atoms with Crippen LogP contribution in [0.15, 0.2) is 35.7 Å². The van der Waals surface area contributed by atoms with Gasteiger partial charge in [0.25, 0.3) is 0 Å². The summed E-state index contributed by atoms with van der Waals surface area (Å²) in [6.07, 6.45) is 0. The maximum Gasteiger partial charge on any atom is 0.324 e. The Morgan fingerprint density at radius 1 is 1.41 bits per heavy atom. The van der Waals surface area contributed by atoms with Crippen molar-refractivity contribution in [1.82, 2.24) is 0 Å². The number of nitro groups is 1. The molecule has 0 aliphatic heterocycles. The Morgan fingerprint density at radius 2 is 2.18 bits per heavy atom. The lowest BCUT2D eigenvalue weighted by Crippen LogP contribution is -1.99. The van der Waals surface area contributed by atoms with Gasteiger partial charge in [-0.2, -0.15) is 0 Å². The molecule has 0 unspecified atom stereocenters. The standard InChI is InChI=1S/C12H12N2O2S/c1-9-4-2-3-5-11(9)13-7-10-6-12(14(15)16)17-8-10/h2-6,8,13H,7H2,1H3. The normalized spacial score (nSPS) is 10.2. The van der Waals surface area contributed by atoms with E-state index in [0.29, 0.717) is 6.54 Å². The third-order valence-corrected chi connectivity index (χ3v) is 3.38. The summed E-state index contributed by atoms with van der Waals surface area (Å²) in [6, 6.07) is 9.58. The summed E-state index contributed by atoms with van der Waals surface area (Å²) in [5.41, 5.74) is 3.16. The molecule has 2 rings (SSSR count). The maximum absolute atomic E-state index is 10.5. The van der Waals surface area contributed by atoms with Crippen LogP contribution in [0.4, 0.5) is 10.7 Å². The van der Waals surface area contributed by atoms with Crippen LogP contribution < -0.4 is 5.32 Å². The van der Waals surface area contributed by atoms with Crippen molar-refractivity contribution >= 4 is 22.0 Å². The molecule has 1 aromatic heterocycles. The first-order valence-electron chi connectivity index (χ1n) is 5.18. The van der Waals surface area contributed by atoms with Crippen LogP contribution in [0.2, 0.25) is 0 Å². The Balaban J connectivity index is 2.02. The summed E-state index contributed by atoms with van der Waals surface area (Å²) in [4.78, 5) is 10.2. The molecule has 1 aromatic carbocycles. The molecule has 88 valence electrons. The van der Waals surface area contributed by atoms with Crippen molar-refractivity contribution in [2.45, 2.75) is 13.5 Å². The van der Waals surface area contributed by atoms with Gasteiger partial charge in [0, 0.05) is 23.7 Å². The van der Waals surface area contributed by atoms with Crippen molar-refractivity contribution in [1.29, 1.82) is 0 Å². The fourth-order valence-electron chi connectivity index (χ4n) is 1.52. The van der Waals surface area contributed by atoms with Crippen LogP contribution in [0.3, 0.4) is 0 Å². The van der Waals surface area contributed by atoms with E-state index in [1.165, 1.54) is 0 Å². The molecule has 0 spiro atoms. The average molecular weight is 248 g/mol. The Labute approximate surface area is 103 Å². The summed E-state index contributed by atoms with van der Waals surface area (Å²) in [5, 5.41) is 15.8. The van der Waals surface area contributed by atoms with E-state index in [4.69, 9.17) is 0 Å². The molecule has 0 bridgehead atoms. The molecule has 1 N–H and O–H groups in total. The molecule has 0 saturated carbocycles. The highest BCUT2D eigenvalue weighted by Crippen LogP contribution is 2.23. The van der Waals surface area contributed by atoms with Gasteiger partial charge in [0.05, 0.1) is 4.92 Å². The largest absolute Gasteiger partial charge is 0.381 e.